The number of ether oxygens (including phenoxy) is 1. The van der Waals surface area contributed by atoms with Crippen molar-refractivity contribution in [2.75, 3.05) is 13.7 Å². The summed E-state index contributed by atoms with van der Waals surface area (Å²) in [5.74, 6) is -0.157. The molecule has 0 unspecified atom stereocenters. The number of hydrogen-bond donors (Lipinski definition) is 3. The second-order valence-electron chi connectivity index (χ2n) is 10.5. The SMILES string of the molecule is COC(=O)Cc1cccc(C[C@@H](C)NC[C@@H](O[Si](C)(C)C(C)(C)C)c2ccc(O)c(CO)c2)c1. The third-order valence-electron chi connectivity index (χ3n) is 6.65. The predicted molar refractivity (Wildman–Crippen MR) is 138 cm³/mol. The van der Waals surface area contributed by atoms with Gasteiger partial charge in [-0.3, -0.25) is 4.79 Å². The van der Waals surface area contributed by atoms with Crippen LogP contribution in [-0.4, -0.2) is 44.2 Å². The van der Waals surface area contributed by atoms with E-state index in [1.54, 1.807) is 6.07 Å². The highest BCUT2D eigenvalue weighted by Gasteiger charge is 2.39. The Labute approximate surface area is 205 Å². The average Bonchev–Trinajstić information content (AvgIpc) is 2.76. The number of aliphatic hydroxyl groups excluding tert-OH is 1. The molecule has 0 fully saturated rings. The first-order valence-electron chi connectivity index (χ1n) is 11.8. The molecule has 0 aromatic heterocycles. The Balaban J connectivity index is 2.15. The zero-order valence-electron chi connectivity index (χ0n) is 21.6. The monoisotopic (exact) mass is 487 g/mol. The summed E-state index contributed by atoms with van der Waals surface area (Å²) in [5.41, 5.74) is 3.52. The zero-order valence-corrected chi connectivity index (χ0v) is 22.6. The lowest BCUT2D eigenvalue weighted by Crippen LogP contribution is -2.44. The zero-order chi connectivity index (χ0) is 25.5. The van der Waals surface area contributed by atoms with Crippen LogP contribution in [0.25, 0.3) is 0 Å². The molecule has 0 amide bonds. The van der Waals surface area contributed by atoms with Crippen molar-refractivity contribution in [2.45, 2.75) is 77.4 Å². The number of aromatic hydroxyl groups is 1. The molecule has 34 heavy (non-hydrogen) atoms. The summed E-state index contributed by atoms with van der Waals surface area (Å²) in [6.07, 6.45) is 0.863. The Kier molecular flexibility index (Phi) is 9.88. The molecule has 2 rings (SSSR count). The Morgan fingerprint density at radius 1 is 1.12 bits per heavy atom. The number of aliphatic hydroxyl groups is 1. The molecule has 2 aromatic rings. The molecule has 0 aliphatic heterocycles. The molecular weight excluding hydrogens is 446 g/mol. The summed E-state index contributed by atoms with van der Waals surface area (Å²) >= 11 is 0. The summed E-state index contributed by atoms with van der Waals surface area (Å²) in [7, 11) is -0.673. The summed E-state index contributed by atoms with van der Waals surface area (Å²) in [4.78, 5) is 11.6. The standard InChI is InChI=1S/C27H41NO5Si/c1-19(13-20-9-8-10-21(14-20)15-26(31)32-5)28-17-25(33-34(6,7)27(2,3)4)22-11-12-24(30)23(16-22)18-29/h8-12,14,16,19,25,28-30H,13,15,17-18H2,1-7H3/t19-,25-/m1/s1. The van der Waals surface area contributed by atoms with Gasteiger partial charge in [0, 0.05) is 18.2 Å². The molecule has 0 radical (unpaired) electrons. The summed E-state index contributed by atoms with van der Waals surface area (Å²) in [5, 5.41) is 23.3. The first-order valence-corrected chi connectivity index (χ1v) is 14.8. The fourth-order valence-corrected chi connectivity index (χ4v) is 4.82. The molecule has 0 saturated heterocycles. The maximum absolute atomic E-state index is 11.6. The highest BCUT2D eigenvalue weighted by molar-refractivity contribution is 6.74. The van der Waals surface area contributed by atoms with Crippen molar-refractivity contribution >= 4 is 14.3 Å². The van der Waals surface area contributed by atoms with Gasteiger partial charge in [0.2, 0.25) is 0 Å². The Morgan fingerprint density at radius 3 is 2.41 bits per heavy atom. The molecule has 2 atom stereocenters. The number of carbonyl (C=O) groups excluding carboxylic acids is 1. The molecule has 0 saturated carbocycles. The van der Waals surface area contributed by atoms with Gasteiger partial charge < -0.3 is 24.7 Å². The fourth-order valence-electron chi connectivity index (χ4n) is 3.53. The largest absolute Gasteiger partial charge is 0.508 e. The van der Waals surface area contributed by atoms with Gasteiger partial charge in [0.05, 0.1) is 26.2 Å². The van der Waals surface area contributed by atoms with E-state index in [2.05, 4.69) is 52.2 Å². The van der Waals surface area contributed by atoms with E-state index >= 15 is 0 Å². The number of benzene rings is 2. The van der Waals surface area contributed by atoms with Crippen molar-refractivity contribution in [3.63, 3.8) is 0 Å². The van der Waals surface area contributed by atoms with Gasteiger partial charge in [0.15, 0.2) is 8.32 Å². The molecule has 7 heteroatoms. The maximum Gasteiger partial charge on any atom is 0.309 e. The number of esters is 1. The molecule has 0 aliphatic carbocycles. The predicted octanol–water partition coefficient (Wildman–Crippen LogP) is 4.88. The molecule has 0 heterocycles. The quantitative estimate of drug-likeness (QED) is 0.309. The van der Waals surface area contributed by atoms with Crippen molar-refractivity contribution in [3.8, 4) is 5.75 Å². The average molecular weight is 488 g/mol. The second-order valence-corrected chi connectivity index (χ2v) is 15.3. The second kappa shape index (κ2) is 12.0. The summed E-state index contributed by atoms with van der Waals surface area (Å²) < 4.78 is 11.5. The molecule has 2 aromatic carbocycles. The van der Waals surface area contributed by atoms with Crippen LogP contribution >= 0.6 is 0 Å². The highest BCUT2D eigenvalue weighted by atomic mass is 28.4. The number of phenols is 1. The van der Waals surface area contributed by atoms with Gasteiger partial charge in [-0.15, -0.1) is 0 Å². The Bertz CT molecular complexity index is 954. The Hall–Kier alpha value is -2.19. The third-order valence-corrected chi connectivity index (χ3v) is 11.1. The fraction of sp³-hybridized carbons (Fsp3) is 0.519. The van der Waals surface area contributed by atoms with Gasteiger partial charge in [-0.25, -0.2) is 0 Å². The third kappa shape index (κ3) is 7.94. The highest BCUT2D eigenvalue weighted by Crippen LogP contribution is 2.40. The van der Waals surface area contributed by atoms with E-state index < -0.39 is 8.32 Å². The molecule has 0 bridgehead atoms. The minimum absolute atomic E-state index is 0.0493. The normalized spacial score (nSPS) is 14.0. The molecule has 6 nitrogen and oxygen atoms in total. The molecule has 188 valence electrons. The first kappa shape index (κ1) is 28.0. The van der Waals surface area contributed by atoms with E-state index in [9.17, 15) is 15.0 Å². The van der Waals surface area contributed by atoms with Crippen LogP contribution < -0.4 is 5.32 Å². The van der Waals surface area contributed by atoms with E-state index in [0.29, 0.717) is 12.1 Å². The molecular formula is C27H41NO5Si. The van der Waals surface area contributed by atoms with Crippen LogP contribution in [0, 0.1) is 0 Å². The van der Waals surface area contributed by atoms with Gasteiger partial charge in [0.1, 0.15) is 5.75 Å². The summed E-state index contributed by atoms with van der Waals surface area (Å²) in [6, 6.07) is 13.5. The van der Waals surface area contributed by atoms with E-state index in [4.69, 9.17) is 9.16 Å². The minimum Gasteiger partial charge on any atom is -0.508 e. The van der Waals surface area contributed by atoms with E-state index in [0.717, 1.165) is 23.1 Å². The van der Waals surface area contributed by atoms with Gasteiger partial charge >= 0.3 is 5.97 Å². The Morgan fingerprint density at radius 2 is 1.79 bits per heavy atom. The van der Waals surface area contributed by atoms with E-state index in [1.165, 1.54) is 7.11 Å². The molecule has 3 N–H and O–H groups in total. The molecule has 0 spiro atoms. The van der Waals surface area contributed by atoms with Crippen LogP contribution in [0.15, 0.2) is 42.5 Å². The van der Waals surface area contributed by atoms with Crippen LogP contribution in [-0.2, 0) is 33.4 Å². The van der Waals surface area contributed by atoms with Crippen molar-refractivity contribution in [1.82, 2.24) is 5.32 Å². The lowest BCUT2D eigenvalue weighted by atomic mass is 10.0. The number of methoxy groups -OCH3 is 1. The number of nitrogens with one attached hydrogen (secondary N) is 1. The lowest BCUT2D eigenvalue weighted by Gasteiger charge is -2.40. The van der Waals surface area contributed by atoms with Crippen molar-refractivity contribution in [1.29, 1.82) is 0 Å². The van der Waals surface area contributed by atoms with Gasteiger partial charge in [-0.2, -0.15) is 0 Å². The number of carbonyl (C=O) groups is 1. The van der Waals surface area contributed by atoms with Crippen molar-refractivity contribution < 1.29 is 24.2 Å². The van der Waals surface area contributed by atoms with Crippen molar-refractivity contribution in [2.24, 2.45) is 0 Å². The first-order chi connectivity index (χ1) is 15.9. The van der Waals surface area contributed by atoms with Gasteiger partial charge in [-0.05, 0) is 60.3 Å². The summed E-state index contributed by atoms with van der Waals surface area (Å²) in [6.45, 7) is 13.6. The lowest BCUT2D eigenvalue weighted by molar-refractivity contribution is -0.139. The number of hydrogen-bond acceptors (Lipinski definition) is 6. The molecule has 0 aliphatic rings. The van der Waals surface area contributed by atoms with Crippen LogP contribution in [0.4, 0.5) is 0 Å². The van der Waals surface area contributed by atoms with E-state index in [1.807, 2.05) is 30.3 Å². The van der Waals surface area contributed by atoms with Crippen LogP contribution in [0.5, 0.6) is 5.75 Å². The van der Waals surface area contributed by atoms with Crippen molar-refractivity contribution in [3.05, 3.63) is 64.7 Å². The van der Waals surface area contributed by atoms with E-state index in [-0.39, 0.29) is 41.9 Å². The van der Waals surface area contributed by atoms with Gasteiger partial charge in [0.25, 0.3) is 0 Å². The topological polar surface area (TPSA) is 88.0 Å². The maximum atomic E-state index is 11.6. The number of rotatable bonds is 11. The van der Waals surface area contributed by atoms with Crippen LogP contribution in [0.2, 0.25) is 18.1 Å². The minimum atomic E-state index is -2.07. The van der Waals surface area contributed by atoms with Crippen LogP contribution in [0.3, 0.4) is 0 Å². The van der Waals surface area contributed by atoms with Gasteiger partial charge in [-0.1, -0.05) is 51.1 Å². The van der Waals surface area contributed by atoms with Crippen LogP contribution in [0.1, 0.15) is 56.1 Å². The smallest absolute Gasteiger partial charge is 0.309 e.